The molecule has 0 radical (unpaired) electrons. The fraction of sp³-hybridized carbons (Fsp3) is 0.346. The number of hydrogen-bond donors (Lipinski definition) is 1. The maximum atomic E-state index is 13.4. The Bertz CT molecular complexity index is 1200. The van der Waals surface area contributed by atoms with Gasteiger partial charge in [0, 0.05) is 15.7 Å². The first-order chi connectivity index (χ1) is 15.4. The van der Waals surface area contributed by atoms with E-state index in [1.54, 1.807) is 24.3 Å². The minimum Gasteiger partial charge on any atom is -0.322 e. The molecule has 0 unspecified atom stereocenters. The molecular formula is C26H23BrN2O3. The first-order valence-electron chi connectivity index (χ1n) is 11.1. The lowest BCUT2D eigenvalue weighted by Crippen LogP contribution is -2.40. The SMILES string of the molecule is Cc1c(Br)ccc(NC(=O)c2cccc(N3C(=O)[C@@H]4[C@H]5C=C[C@@H]([C@@H]6C[C@@H]56)[C@@H]4C3=O)c2)c1C. The van der Waals surface area contributed by atoms with Crippen molar-refractivity contribution in [2.75, 3.05) is 10.2 Å². The molecule has 2 bridgehead atoms. The maximum Gasteiger partial charge on any atom is 0.255 e. The monoisotopic (exact) mass is 490 g/mol. The van der Waals surface area contributed by atoms with Crippen LogP contribution >= 0.6 is 15.9 Å². The fourth-order valence-electron chi connectivity index (χ4n) is 6.12. The molecule has 0 spiro atoms. The third-order valence-corrected chi connectivity index (χ3v) is 8.86. The van der Waals surface area contributed by atoms with Crippen molar-refractivity contribution in [3.63, 3.8) is 0 Å². The number of carbonyl (C=O) groups excluding carboxylic acids is 3. The molecule has 2 saturated carbocycles. The number of nitrogens with zero attached hydrogens (tertiary/aromatic N) is 1. The van der Waals surface area contributed by atoms with Crippen molar-refractivity contribution in [1.82, 2.24) is 0 Å². The zero-order chi connectivity index (χ0) is 22.3. The lowest BCUT2D eigenvalue weighted by atomic mass is 9.63. The maximum absolute atomic E-state index is 13.4. The van der Waals surface area contributed by atoms with E-state index in [0.29, 0.717) is 23.1 Å². The summed E-state index contributed by atoms with van der Waals surface area (Å²) in [5.41, 5.74) is 3.69. The number of allylic oxidation sites excluding steroid dienone is 2. The lowest BCUT2D eigenvalue weighted by molar-refractivity contribution is -0.124. The third-order valence-electron chi connectivity index (χ3n) is 8.00. The Kier molecular flexibility index (Phi) is 4.28. The average molecular weight is 491 g/mol. The highest BCUT2D eigenvalue weighted by atomic mass is 79.9. The van der Waals surface area contributed by atoms with Gasteiger partial charge in [0.05, 0.1) is 17.5 Å². The van der Waals surface area contributed by atoms with Crippen LogP contribution in [0.5, 0.6) is 0 Å². The van der Waals surface area contributed by atoms with Gasteiger partial charge in [0.1, 0.15) is 0 Å². The Morgan fingerprint density at radius 1 is 0.969 bits per heavy atom. The van der Waals surface area contributed by atoms with Crippen molar-refractivity contribution in [2.45, 2.75) is 20.3 Å². The number of anilines is 2. The molecule has 1 N–H and O–H groups in total. The van der Waals surface area contributed by atoms with Gasteiger partial charge in [0.25, 0.3) is 5.91 Å². The topological polar surface area (TPSA) is 66.5 Å². The molecule has 6 atom stereocenters. The van der Waals surface area contributed by atoms with Crippen LogP contribution in [0, 0.1) is 49.4 Å². The molecule has 2 aromatic carbocycles. The molecule has 32 heavy (non-hydrogen) atoms. The van der Waals surface area contributed by atoms with Crippen LogP contribution in [0.2, 0.25) is 0 Å². The molecule has 5 aliphatic rings. The third kappa shape index (κ3) is 2.71. The summed E-state index contributed by atoms with van der Waals surface area (Å²) in [7, 11) is 0. The molecule has 1 saturated heterocycles. The second kappa shape index (κ2) is 6.88. The lowest BCUT2D eigenvalue weighted by Gasteiger charge is -2.37. The Labute approximate surface area is 195 Å². The molecule has 162 valence electrons. The molecule has 1 heterocycles. The van der Waals surface area contributed by atoms with Crippen molar-refractivity contribution in [3.8, 4) is 0 Å². The van der Waals surface area contributed by atoms with Gasteiger partial charge in [-0.15, -0.1) is 0 Å². The van der Waals surface area contributed by atoms with E-state index in [-0.39, 0.29) is 41.4 Å². The van der Waals surface area contributed by atoms with Gasteiger partial charge in [0.2, 0.25) is 11.8 Å². The Morgan fingerprint density at radius 2 is 1.62 bits per heavy atom. The van der Waals surface area contributed by atoms with Gasteiger partial charge in [-0.05, 0) is 85.4 Å². The zero-order valence-corrected chi connectivity index (χ0v) is 19.4. The number of imide groups is 1. The Hall–Kier alpha value is -2.73. The summed E-state index contributed by atoms with van der Waals surface area (Å²) < 4.78 is 0.989. The number of carbonyl (C=O) groups is 3. The summed E-state index contributed by atoms with van der Waals surface area (Å²) in [6.07, 6.45) is 5.47. The molecule has 5 nitrogen and oxygen atoms in total. The van der Waals surface area contributed by atoms with E-state index in [0.717, 1.165) is 27.7 Å². The van der Waals surface area contributed by atoms with E-state index < -0.39 is 0 Å². The predicted octanol–water partition coefficient (Wildman–Crippen LogP) is 4.88. The molecule has 0 aromatic heterocycles. The van der Waals surface area contributed by atoms with Gasteiger partial charge in [0.15, 0.2) is 0 Å². The highest BCUT2D eigenvalue weighted by Gasteiger charge is 2.67. The highest BCUT2D eigenvalue weighted by molar-refractivity contribution is 9.10. The van der Waals surface area contributed by atoms with Crippen molar-refractivity contribution in [3.05, 3.63) is 69.7 Å². The molecule has 3 amide bonds. The zero-order valence-electron chi connectivity index (χ0n) is 17.8. The summed E-state index contributed by atoms with van der Waals surface area (Å²) in [5, 5.41) is 2.96. The highest BCUT2D eigenvalue weighted by Crippen LogP contribution is 2.65. The normalized spacial score (nSPS) is 31.5. The quantitative estimate of drug-likeness (QED) is 0.492. The number of rotatable bonds is 3. The summed E-state index contributed by atoms with van der Waals surface area (Å²) in [5.74, 6) is 0.534. The Morgan fingerprint density at radius 3 is 2.28 bits per heavy atom. The van der Waals surface area contributed by atoms with Crippen molar-refractivity contribution in [2.24, 2.45) is 35.5 Å². The van der Waals surface area contributed by atoms with Gasteiger partial charge in [-0.3, -0.25) is 14.4 Å². The smallest absolute Gasteiger partial charge is 0.255 e. The van der Waals surface area contributed by atoms with E-state index in [1.165, 1.54) is 4.90 Å². The molecule has 4 aliphatic carbocycles. The van der Waals surface area contributed by atoms with Crippen LogP contribution in [0.4, 0.5) is 11.4 Å². The second-order valence-corrected chi connectivity index (χ2v) is 10.4. The van der Waals surface area contributed by atoms with Crippen LogP contribution in [0.3, 0.4) is 0 Å². The number of hydrogen-bond acceptors (Lipinski definition) is 3. The van der Waals surface area contributed by atoms with E-state index in [2.05, 4.69) is 33.4 Å². The second-order valence-electron chi connectivity index (χ2n) is 9.52. The molecule has 3 fully saturated rings. The van der Waals surface area contributed by atoms with Gasteiger partial charge in [-0.25, -0.2) is 4.90 Å². The number of halogens is 1. The largest absolute Gasteiger partial charge is 0.322 e. The first kappa shape index (κ1) is 19.9. The summed E-state index contributed by atoms with van der Waals surface area (Å²) in [4.78, 5) is 41.0. The van der Waals surface area contributed by atoms with E-state index >= 15 is 0 Å². The molecule has 2 aromatic rings. The fourth-order valence-corrected chi connectivity index (χ4v) is 6.54. The van der Waals surface area contributed by atoms with Crippen molar-refractivity contribution in [1.29, 1.82) is 0 Å². The van der Waals surface area contributed by atoms with E-state index in [9.17, 15) is 14.4 Å². The minimum absolute atomic E-state index is 0.110. The van der Waals surface area contributed by atoms with Crippen LogP contribution in [0.15, 0.2) is 53.0 Å². The van der Waals surface area contributed by atoms with Crippen LogP contribution in [0.25, 0.3) is 0 Å². The number of benzene rings is 2. The predicted molar refractivity (Wildman–Crippen MR) is 125 cm³/mol. The van der Waals surface area contributed by atoms with Crippen LogP contribution < -0.4 is 10.2 Å². The minimum atomic E-state index is -0.267. The van der Waals surface area contributed by atoms with Crippen LogP contribution in [0.1, 0.15) is 27.9 Å². The Balaban J connectivity index is 1.28. The molecule has 6 heteroatoms. The standard InChI is InChI=1S/C26H23BrN2O3/c1-12-13(2)21(9-8-20(12)27)28-24(30)14-4-3-5-15(10-14)29-25(31)22-16-6-7-17(19-11-18(16)19)23(22)26(29)32/h3-10,16-19,22-23H,11H2,1-2H3,(H,28,30)/t16-,17-,18-,19-,22-,23+/m0/s1. The van der Waals surface area contributed by atoms with Crippen LogP contribution in [-0.4, -0.2) is 17.7 Å². The van der Waals surface area contributed by atoms with Gasteiger partial charge < -0.3 is 5.32 Å². The van der Waals surface area contributed by atoms with Gasteiger partial charge in [-0.2, -0.15) is 0 Å². The molecular weight excluding hydrogens is 468 g/mol. The number of amides is 3. The van der Waals surface area contributed by atoms with Crippen molar-refractivity contribution < 1.29 is 14.4 Å². The molecule has 1 aliphatic heterocycles. The summed E-state index contributed by atoms with van der Waals surface area (Å²) in [6.45, 7) is 3.95. The van der Waals surface area contributed by atoms with Gasteiger partial charge >= 0.3 is 0 Å². The van der Waals surface area contributed by atoms with E-state index in [1.807, 2.05) is 26.0 Å². The van der Waals surface area contributed by atoms with Gasteiger partial charge in [-0.1, -0.05) is 34.1 Å². The van der Waals surface area contributed by atoms with E-state index in [4.69, 9.17) is 0 Å². The number of nitrogens with one attached hydrogen (secondary N) is 1. The average Bonchev–Trinajstić information content (AvgIpc) is 3.57. The van der Waals surface area contributed by atoms with Crippen molar-refractivity contribution >= 4 is 45.0 Å². The molecule has 7 rings (SSSR count). The first-order valence-corrected chi connectivity index (χ1v) is 11.9. The summed E-state index contributed by atoms with van der Waals surface area (Å²) >= 11 is 3.51. The summed E-state index contributed by atoms with van der Waals surface area (Å²) in [6, 6.07) is 10.6. The van der Waals surface area contributed by atoms with Crippen LogP contribution in [-0.2, 0) is 9.59 Å².